The topological polar surface area (TPSA) is 98.5 Å². The van der Waals surface area contributed by atoms with Crippen LogP contribution < -0.4 is 5.32 Å². The van der Waals surface area contributed by atoms with Crippen LogP contribution in [0.3, 0.4) is 0 Å². The molecule has 2 aromatic heterocycles. The summed E-state index contributed by atoms with van der Waals surface area (Å²) in [7, 11) is 0. The monoisotopic (exact) mass is 454 g/mol. The van der Waals surface area contributed by atoms with Crippen molar-refractivity contribution in [3.8, 4) is 0 Å². The number of esters is 1. The van der Waals surface area contributed by atoms with Crippen LogP contribution in [0, 0.1) is 20.8 Å². The fraction of sp³-hybridized carbons (Fsp3) is 0.333. The van der Waals surface area contributed by atoms with Gasteiger partial charge in [0.15, 0.2) is 5.78 Å². The van der Waals surface area contributed by atoms with Crippen LogP contribution >= 0.6 is 11.8 Å². The van der Waals surface area contributed by atoms with E-state index in [1.165, 1.54) is 18.7 Å². The van der Waals surface area contributed by atoms with E-state index in [-0.39, 0.29) is 41.1 Å². The summed E-state index contributed by atoms with van der Waals surface area (Å²) in [6.45, 7) is 10.4. The van der Waals surface area contributed by atoms with E-state index in [0.717, 1.165) is 27.1 Å². The second kappa shape index (κ2) is 9.56. The van der Waals surface area contributed by atoms with Crippen LogP contribution in [0.2, 0.25) is 0 Å². The Bertz CT molecular complexity index is 1210. The number of nitrogens with zero attached hydrogens (tertiary/aromatic N) is 1. The number of rotatable bonds is 7. The molecule has 8 heteroatoms. The lowest BCUT2D eigenvalue weighted by Crippen LogP contribution is -2.24. The molecule has 0 radical (unpaired) electrons. The molecule has 0 aliphatic rings. The lowest BCUT2D eigenvalue weighted by Gasteiger charge is -2.13. The first-order valence-corrected chi connectivity index (χ1v) is 11.2. The zero-order valence-electron chi connectivity index (χ0n) is 19.0. The summed E-state index contributed by atoms with van der Waals surface area (Å²) in [5.41, 5.74) is 3.09. The molecule has 3 aromatic rings. The molecule has 0 saturated heterocycles. The third kappa shape index (κ3) is 4.70. The Hall–Kier alpha value is -3.13. The van der Waals surface area contributed by atoms with Gasteiger partial charge in [0.1, 0.15) is 11.3 Å². The molecule has 3 rings (SSSR count). The highest BCUT2D eigenvalue weighted by Gasteiger charge is 2.29. The van der Waals surface area contributed by atoms with Gasteiger partial charge in [-0.3, -0.25) is 14.9 Å². The highest BCUT2D eigenvalue weighted by Crippen LogP contribution is 2.31. The molecule has 0 fully saturated rings. The predicted molar refractivity (Wildman–Crippen MR) is 125 cm³/mol. The van der Waals surface area contributed by atoms with Crippen LogP contribution in [0.25, 0.3) is 10.9 Å². The van der Waals surface area contributed by atoms with Crippen molar-refractivity contribution in [1.82, 2.24) is 4.98 Å². The fourth-order valence-electron chi connectivity index (χ4n) is 3.49. The number of aryl methyl sites for hydroxylation is 3. The number of Topliss-reactive ketones (excluding diaryl/α,β-unsaturated/α-hetero) is 1. The largest absolute Gasteiger partial charge is 0.462 e. The number of para-hydroxylation sites is 1. The van der Waals surface area contributed by atoms with E-state index in [0.29, 0.717) is 0 Å². The number of hydrogen-bond acceptors (Lipinski definition) is 7. The summed E-state index contributed by atoms with van der Waals surface area (Å²) >= 11 is 1.30. The predicted octanol–water partition coefficient (Wildman–Crippen LogP) is 5.25. The third-order valence-corrected chi connectivity index (χ3v) is 6.06. The second-order valence-electron chi connectivity index (χ2n) is 7.51. The van der Waals surface area contributed by atoms with Crippen molar-refractivity contribution in [2.45, 2.75) is 51.8 Å². The van der Waals surface area contributed by atoms with Gasteiger partial charge in [-0.2, -0.15) is 0 Å². The Labute approximate surface area is 190 Å². The lowest BCUT2D eigenvalue weighted by atomic mass is 10.1. The van der Waals surface area contributed by atoms with E-state index in [2.05, 4.69) is 5.32 Å². The van der Waals surface area contributed by atoms with Gasteiger partial charge in [0.2, 0.25) is 11.8 Å². The number of benzene rings is 1. The van der Waals surface area contributed by atoms with E-state index in [1.54, 1.807) is 20.8 Å². The maximum atomic E-state index is 12.9. The van der Waals surface area contributed by atoms with Gasteiger partial charge in [-0.05, 0) is 58.7 Å². The minimum Gasteiger partial charge on any atom is -0.462 e. The highest BCUT2D eigenvalue weighted by molar-refractivity contribution is 8.00. The van der Waals surface area contributed by atoms with Gasteiger partial charge in [-0.25, -0.2) is 9.78 Å². The molecular formula is C24H26N2O5S. The van der Waals surface area contributed by atoms with Gasteiger partial charge in [0.25, 0.3) is 0 Å². The number of pyridine rings is 1. The quantitative estimate of drug-likeness (QED) is 0.296. The molecule has 32 heavy (non-hydrogen) atoms. The van der Waals surface area contributed by atoms with Gasteiger partial charge in [0.05, 0.1) is 28.0 Å². The van der Waals surface area contributed by atoms with Gasteiger partial charge >= 0.3 is 5.97 Å². The number of carbonyl (C=O) groups is 3. The molecule has 168 valence electrons. The van der Waals surface area contributed by atoms with Crippen molar-refractivity contribution < 1.29 is 23.5 Å². The number of thioether (sulfide) groups is 1. The molecule has 1 N–H and O–H groups in total. The first kappa shape index (κ1) is 23.5. The molecular weight excluding hydrogens is 428 g/mol. The maximum absolute atomic E-state index is 12.9. The summed E-state index contributed by atoms with van der Waals surface area (Å²) in [6.07, 6.45) is 0. The van der Waals surface area contributed by atoms with Gasteiger partial charge < -0.3 is 9.15 Å². The molecule has 0 aliphatic carbocycles. The second-order valence-corrected chi connectivity index (χ2v) is 8.87. The number of amides is 1. The fourth-order valence-corrected chi connectivity index (χ4v) is 4.41. The van der Waals surface area contributed by atoms with Crippen molar-refractivity contribution >= 4 is 46.2 Å². The first-order valence-electron chi connectivity index (χ1n) is 10.3. The maximum Gasteiger partial charge on any atom is 0.344 e. The number of carbonyl (C=O) groups excluding carboxylic acids is 3. The standard InChI is InChI=1S/C24H26N2O5S/c1-7-30-24(29)20-19(14(4)27)15(5)31-23(20)26-22(28)16(6)32-18-11-13(3)17-10-8-9-12(2)21(17)25-18/h8-11,16H,7H2,1-6H3,(H,26,28). The number of anilines is 1. The summed E-state index contributed by atoms with van der Waals surface area (Å²) < 4.78 is 10.6. The SMILES string of the molecule is CCOC(=O)c1c(NC(=O)C(C)Sc2cc(C)c3cccc(C)c3n2)oc(C)c1C(C)=O. The zero-order valence-corrected chi connectivity index (χ0v) is 19.8. The third-order valence-electron chi connectivity index (χ3n) is 5.04. The van der Waals surface area contributed by atoms with E-state index in [1.807, 2.05) is 38.1 Å². The summed E-state index contributed by atoms with van der Waals surface area (Å²) in [5, 5.41) is 3.90. The highest BCUT2D eigenvalue weighted by atomic mass is 32.2. The van der Waals surface area contributed by atoms with Crippen molar-refractivity contribution in [2.75, 3.05) is 11.9 Å². The van der Waals surface area contributed by atoms with E-state index >= 15 is 0 Å². The zero-order chi connectivity index (χ0) is 23.6. The smallest absolute Gasteiger partial charge is 0.344 e. The van der Waals surface area contributed by atoms with Crippen LogP contribution in [0.5, 0.6) is 0 Å². The normalized spacial score (nSPS) is 11.9. The Balaban J connectivity index is 1.86. The number of ether oxygens (including phenoxy) is 1. The van der Waals surface area contributed by atoms with Gasteiger partial charge in [-0.1, -0.05) is 30.0 Å². The molecule has 1 aromatic carbocycles. The molecule has 0 spiro atoms. The van der Waals surface area contributed by atoms with E-state index in [9.17, 15) is 14.4 Å². The molecule has 2 heterocycles. The minimum absolute atomic E-state index is 0.0577. The van der Waals surface area contributed by atoms with Crippen molar-refractivity contribution in [3.05, 3.63) is 52.3 Å². The Morgan fingerprint density at radius 2 is 1.88 bits per heavy atom. The Morgan fingerprint density at radius 3 is 2.53 bits per heavy atom. The Morgan fingerprint density at radius 1 is 1.16 bits per heavy atom. The van der Waals surface area contributed by atoms with E-state index < -0.39 is 11.2 Å². The number of nitrogens with one attached hydrogen (secondary N) is 1. The molecule has 0 bridgehead atoms. The summed E-state index contributed by atoms with van der Waals surface area (Å²) in [5.74, 6) is -1.27. The lowest BCUT2D eigenvalue weighted by molar-refractivity contribution is -0.115. The number of hydrogen-bond donors (Lipinski definition) is 1. The van der Waals surface area contributed by atoms with Gasteiger partial charge in [0, 0.05) is 5.39 Å². The molecule has 1 atom stereocenters. The number of fused-ring (bicyclic) bond motifs is 1. The van der Waals surface area contributed by atoms with Crippen LogP contribution in [-0.2, 0) is 9.53 Å². The van der Waals surface area contributed by atoms with Crippen LogP contribution in [0.1, 0.15) is 58.4 Å². The van der Waals surface area contributed by atoms with Crippen molar-refractivity contribution in [2.24, 2.45) is 0 Å². The first-order chi connectivity index (χ1) is 15.1. The van der Waals surface area contributed by atoms with Crippen molar-refractivity contribution in [1.29, 1.82) is 0 Å². The molecule has 1 unspecified atom stereocenters. The van der Waals surface area contributed by atoms with Crippen molar-refractivity contribution in [3.63, 3.8) is 0 Å². The number of aromatic nitrogens is 1. The van der Waals surface area contributed by atoms with Crippen LogP contribution in [0.15, 0.2) is 33.7 Å². The number of ketones is 1. The minimum atomic E-state index is -0.715. The number of furan rings is 1. The Kier molecular flexibility index (Phi) is 7.03. The summed E-state index contributed by atoms with van der Waals surface area (Å²) in [6, 6.07) is 7.97. The molecule has 7 nitrogen and oxygen atoms in total. The van der Waals surface area contributed by atoms with Crippen LogP contribution in [0.4, 0.5) is 5.88 Å². The van der Waals surface area contributed by atoms with E-state index in [4.69, 9.17) is 14.1 Å². The van der Waals surface area contributed by atoms with Gasteiger partial charge in [-0.15, -0.1) is 0 Å². The molecule has 0 aliphatic heterocycles. The van der Waals surface area contributed by atoms with Crippen LogP contribution in [-0.4, -0.2) is 34.5 Å². The average molecular weight is 455 g/mol. The molecule has 1 amide bonds. The summed E-state index contributed by atoms with van der Waals surface area (Å²) in [4.78, 5) is 42.1. The average Bonchev–Trinajstić information content (AvgIpc) is 3.05. The molecule has 0 saturated carbocycles.